The molecule has 1 heterocycles. The highest BCUT2D eigenvalue weighted by molar-refractivity contribution is 7.10. The van der Waals surface area contributed by atoms with Gasteiger partial charge >= 0.3 is 0 Å². The van der Waals surface area contributed by atoms with E-state index in [1.165, 1.54) is 17.7 Å². The van der Waals surface area contributed by atoms with Crippen LogP contribution in [0, 0.1) is 0 Å². The van der Waals surface area contributed by atoms with Crippen molar-refractivity contribution < 1.29 is 9.53 Å². The Morgan fingerprint density at radius 2 is 2.00 bits per heavy atom. The Morgan fingerprint density at radius 1 is 1.23 bits per heavy atom. The first-order chi connectivity index (χ1) is 10.7. The fourth-order valence-corrected chi connectivity index (χ4v) is 4.31. The SMILES string of the molecule is COc1ccccc1C(=O)NCC1(c2cccs2)CCCC1. The van der Waals surface area contributed by atoms with Crippen LogP contribution in [0.3, 0.4) is 0 Å². The summed E-state index contributed by atoms with van der Waals surface area (Å²) >= 11 is 1.80. The van der Waals surface area contributed by atoms with E-state index in [0.29, 0.717) is 17.9 Å². The predicted molar refractivity (Wildman–Crippen MR) is 89.8 cm³/mol. The molecule has 0 aliphatic heterocycles. The van der Waals surface area contributed by atoms with Crippen molar-refractivity contribution in [2.24, 2.45) is 0 Å². The quantitative estimate of drug-likeness (QED) is 0.905. The molecule has 1 saturated carbocycles. The maximum Gasteiger partial charge on any atom is 0.255 e. The number of hydrogen-bond acceptors (Lipinski definition) is 3. The van der Waals surface area contributed by atoms with Gasteiger partial charge in [-0.3, -0.25) is 4.79 Å². The van der Waals surface area contributed by atoms with E-state index in [1.54, 1.807) is 24.5 Å². The maximum absolute atomic E-state index is 12.5. The third kappa shape index (κ3) is 2.88. The molecule has 1 aromatic carbocycles. The van der Waals surface area contributed by atoms with Gasteiger partial charge in [0.25, 0.3) is 5.91 Å². The summed E-state index contributed by atoms with van der Waals surface area (Å²) in [7, 11) is 1.59. The van der Waals surface area contributed by atoms with Crippen LogP contribution in [0.2, 0.25) is 0 Å². The van der Waals surface area contributed by atoms with E-state index in [9.17, 15) is 4.79 Å². The minimum Gasteiger partial charge on any atom is -0.496 e. The number of benzene rings is 1. The molecule has 1 fully saturated rings. The lowest BCUT2D eigenvalue weighted by molar-refractivity contribution is 0.0940. The Morgan fingerprint density at radius 3 is 2.68 bits per heavy atom. The molecule has 2 aromatic rings. The fourth-order valence-electron chi connectivity index (χ4n) is 3.32. The van der Waals surface area contributed by atoms with E-state index in [0.717, 1.165) is 12.8 Å². The smallest absolute Gasteiger partial charge is 0.255 e. The first-order valence-electron chi connectivity index (χ1n) is 7.70. The lowest BCUT2D eigenvalue weighted by atomic mass is 9.84. The Labute approximate surface area is 135 Å². The lowest BCUT2D eigenvalue weighted by Crippen LogP contribution is -2.38. The summed E-state index contributed by atoms with van der Waals surface area (Å²) in [5.41, 5.74) is 0.718. The van der Waals surface area contributed by atoms with Crippen molar-refractivity contribution in [3.8, 4) is 5.75 Å². The van der Waals surface area contributed by atoms with E-state index >= 15 is 0 Å². The van der Waals surface area contributed by atoms with Crippen molar-refractivity contribution in [1.82, 2.24) is 5.32 Å². The van der Waals surface area contributed by atoms with Crippen LogP contribution in [-0.4, -0.2) is 19.6 Å². The van der Waals surface area contributed by atoms with Gasteiger partial charge in [0.1, 0.15) is 5.75 Å². The zero-order valence-corrected chi connectivity index (χ0v) is 13.6. The van der Waals surface area contributed by atoms with Gasteiger partial charge in [0.2, 0.25) is 0 Å². The highest BCUT2D eigenvalue weighted by atomic mass is 32.1. The lowest BCUT2D eigenvalue weighted by Gasteiger charge is -2.28. The number of nitrogens with one attached hydrogen (secondary N) is 1. The van der Waals surface area contributed by atoms with Crippen molar-refractivity contribution in [3.05, 3.63) is 52.2 Å². The van der Waals surface area contributed by atoms with Gasteiger partial charge in [-0.2, -0.15) is 0 Å². The van der Waals surface area contributed by atoms with Crippen molar-refractivity contribution in [1.29, 1.82) is 0 Å². The molecule has 1 aliphatic carbocycles. The number of hydrogen-bond donors (Lipinski definition) is 1. The number of rotatable bonds is 5. The summed E-state index contributed by atoms with van der Waals surface area (Å²) in [6.07, 6.45) is 4.78. The van der Waals surface area contributed by atoms with Crippen LogP contribution in [0.15, 0.2) is 41.8 Å². The molecule has 3 nitrogen and oxygen atoms in total. The van der Waals surface area contributed by atoms with Crippen LogP contribution in [-0.2, 0) is 5.41 Å². The van der Waals surface area contributed by atoms with Crippen LogP contribution < -0.4 is 10.1 Å². The number of carbonyl (C=O) groups is 1. The van der Waals surface area contributed by atoms with Crippen molar-refractivity contribution in [3.63, 3.8) is 0 Å². The molecule has 0 saturated heterocycles. The molecule has 0 atom stereocenters. The van der Waals surface area contributed by atoms with E-state index < -0.39 is 0 Å². The highest BCUT2D eigenvalue weighted by Crippen LogP contribution is 2.42. The van der Waals surface area contributed by atoms with Crippen molar-refractivity contribution in [2.45, 2.75) is 31.1 Å². The molecular weight excluding hydrogens is 294 g/mol. The van der Waals surface area contributed by atoms with E-state index in [4.69, 9.17) is 4.74 Å². The van der Waals surface area contributed by atoms with E-state index in [1.807, 2.05) is 18.2 Å². The van der Waals surface area contributed by atoms with Gasteiger partial charge in [-0.1, -0.05) is 31.0 Å². The van der Waals surface area contributed by atoms with Gasteiger partial charge in [0.15, 0.2) is 0 Å². The van der Waals surface area contributed by atoms with Gasteiger partial charge in [-0.25, -0.2) is 0 Å². The standard InChI is InChI=1S/C18H21NO2S/c1-21-15-8-3-2-7-14(15)17(20)19-13-18(10-4-5-11-18)16-9-6-12-22-16/h2-3,6-9,12H,4-5,10-11,13H2,1H3,(H,19,20). The summed E-state index contributed by atoms with van der Waals surface area (Å²) in [5, 5.41) is 5.25. The summed E-state index contributed by atoms with van der Waals surface area (Å²) < 4.78 is 5.28. The molecule has 22 heavy (non-hydrogen) atoms. The maximum atomic E-state index is 12.5. The Balaban J connectivity index is 1.74. The van der Waals surface area contributed by atoms with E-state index in [-0.39, 0.29) is 11.3 Å². The van der Waals surface area contributed by atoms with Crippen LogP contribution >= 0.6 is 11.3 Å². The number of para-hydroxylation sites is 1. The minimum atomic E-state index is -0.0553. The Hall–Kier alpha value is -1.81. The van der Waals surface area contributed by atoms with Crippen molar-refractivity contribution in [2.75, 3.05) is 13.7 Å². The van der Waals surface area contributed by atoms with Gasteiger partial charge in [0, 0.05) is 16.8 Å². The second-order valence-electron chi connectivity index (χ2n) is 5.85. The van der Waals surface area contributed by atoms with Gasteiger partial charge in [-0.05, 0) is 36.4 Å². The third-order valence-corrected chi connectivity index (χ3v) is 5.66. The average molecular weight is 315 g/mol. The van der Waals surface area contributed by atoms with Crippen LogP contribution in [0.25, 0.3) is 0 Å². The van der Waals surface area contributed by atoms with Gasteiger partial charge < -0.3 is 10.1 Å². The minimum absolute atomic E-state index is 0.0553. The topological polar surface area (TPSA) is 38.3 Å². The van der Waals surface area contributed by atoms with Gasteiger partial charge in [-0.15, -0.1) is 11.3 Å². The number of methoxy groups -OCH3 is 1. The van der Waals surface area contributed by atoms with Crippen LogP contribution in [0.4, 0.5) is 0 Å². The number of amides is 1. The molecule has 3 rings (SSSR count). The monoisotopic (exact) mass is 315 g/mol. The van der Waals surface area contributed by atoms with Crippen LogP contribution in [0.5, 0.6) is 5.75 Å². The third-order valence-electron chi connectivity index (χ3n) is 4.54. The summed E-state index contributed by atoms with van der Waals surface area (Å²) in [6.45, 7) is 0.699. The summed E-state index contributed by atoms with van der Waals surface area (Å²) in [5.74, 6) is 0.567. The molecular formula is C18H21NO2S. The molecule has 1 aromatic heterocycles. The fraction of sp³-hybridized carbons (Fsp3) is 0.389. The summed E-state index contributed by atoms with van der Waals surface area (Å²) in [6, 6.07) is 11.7. The number of thiophene rings is 1. The zero-order chi connectivity index (χ0) is 15.4. The molecule has 116 valence electrons. The predicted octanol–water partition coefficient (Wildman–Crippen LogP) is 4.00. The second kappa shape index (κ2) is 6.53. The normalized spacial score (nSPS) is 16.4. The first-order valence-corrected chi connectivity index (χ1v) is 8.58. The Bertz CT molecular complexity index is 630. The number of carbonyl (C=O) groups excluding carboxylic acids is 1. The first kappa shape index (κ1) is 15.1. The highest BCUT2D eigenvalue weighted by Gasteiger charge is 2.36. The van der Waals surface area contributed by atoms with Gasteiger partial charge in [0.05, 0.1) is 12.7 Å². The van der Waals surface area contributed by atoms with Crippen LogP contribution in [0.1, 0.15) is 40.9 Å². The largest absolute Gasteiger partial charge is 0.496 e. The molecule has 0 radical (unpaired) electrons. The molecule has 0 unspecified atom stereocenters. The van der Waals surface area contributed by atoms with E-state index in [2.05, 4.69) is 22.8 Å². The summed E-state index contributed by atoms with van der Waals surface area (Å²) in [4.78, 5) is 13.9. The molecule has 0 bridgehead atoms. The molecule has 4 heteroatoms. The van der Waals surface area contributed by atoms with Crippen molar-refractivity contribution >= 4 is 17.2 Å². The zero-order valence-electron chi connectivity index (χ0n) is 12.8. The average Bonchev–Trinajstić information content (AvgIpc) is 3.24. The Kier molecular flexibility index (Phi) is 4.48. The molecule has 1 amide bonds. The number of ether oxygens (including phenoxy) is 1. The second-order valence-corrected chi connectivity index (χ2v) is 6.80. The molecule has 0 spiro atoms. The molecule has 1 N–H and O–H groups in total. The molecule has 1 aliphatic rings.